The first kappa shape index (κ1) is 14.4. The second kappa shape index (κ2) is 6.47. The molecule has 1 heterocycles. The summed E-state index contributed by atoms with van der Waals surface area (Å²) < 4.78 is 14.7. The van der Waals surface area contributed by atoms with Crippen LogP contribution in [0.2, 0.25) is 0 Å². The van der Waals surface area contributed by atoms with Crippen molar-refractivity contribution in [1.82, 2.24) is 20.2 Å². The number of nitrogens with one attached hydrogen (secondary N) is 1. The monoisotopic (exact) mass is 295 g/mol. The largest absolute Gasteiger partial charge is 0.325 e. The number of tetrazole rings is 1. The maximum Gasteiger partial charge on any atom is 0.234 e. The van der Waals surface area contributed by atoms with Crippen molar-refractivity contribution in [2.75, 3.05) is 11.1 Å². The summed E-state index contributed by atoms with van der Waals surface area (Å²) in [5, 5.41) is 14.4. The van der Waals surface area contributed by atoms with E-state index in [0.717, 1.165) is 5.56 Å². The van der Waals surface area contributed by atoms with Crippen molar-refractivity contribution in [2.45, 2.75) is 25.5 Å². The number of amides is 1. The summed E-state index contributed by atoms with van der Waals surface area (Å²) in [4.78, 5) is 11.8. The number of halogens is 1. The van der Waals surface area contributed by atoms with Gasteiger partial charge in [0.15, 0.2) is 0 Å². The minimum Gasteiger partial charge on any atom is -0.325 e. The van der Waals surface area contributed by atoms with E-state index in [2.05, 4.69) is 20.8 Å². The smallest absolute Gasteiger partial charge is 0.234 e. The lowest BCUT2D eigenvalue weighted by atomic mass is 10.2. The molecule has 0 saturated heterocycles. The molecular formula is C12H14FN5OS. The van der Waals surface area contributed by atoms with Crippen LogP contribution in [0.3, 0.4) is 0 Å². The maximum absolute atomic E-state index is 13.1. The van der Waals surface area contributed by atoms with Gasteiger partial charge in [-0.1, -0.05) is 17.8 Å². The van der Waals surface area contributed by atoms with Gasteiger partial charge in [0.05, 0.1) is 5.75 Å². The molecule has 1 aromatic carbocycles. The highest BCUT2D eigenvalue weighted by Crippen LogP contribution is 2.18. The summed E-state index contributed by atoms with van der Waals surface area (Å²) >= 11 is 1.24. The topological polar surface area (TPSA) is 72.7 Å². The highest BCUT2D eigenvalue weighted by Gasteiger charge is 2.10. The van der Waals surface area contributed by atoms with Gasteiger partial charge in [-0.15, -0.1) is 5.10 Å². The second-order valence-electron chi connectivity index (χ2n) is 4.07. The van der Waals surface area contributed by atoms with Crippen LogP contribution in [-0.2, 0) is 11.3 Å². The van der Waals surface area contributed by atoms with Gasteiger partial charge in [0.25, 0.3) is 0 Å². The molecule has 6 nitrogen and oxygen atoms in total. The number of nitrogens with zero attached hydrogens (tertiary/aromatic N) is 4. The van der Waals surface area contributed by atoms with Crippen LogP contribution in [0.25, 0.3) is 0 Å². The maximum atomic E-state index is 13.1. The summed E-state index contributed by atoms with van der Waals surface area (Å²) in [6.45, 7) is 4.36. The van der Waals surface area contributed by atoms with Gasteiger partial charge < -0.3 is 5.32 Å². The van der Waals surface area contributed by atoms with Gasteiger partial charge in [0, 0.05) is 12.2 Å². The number of hydrogen-bond acceptors (Lipinski definition) is 5. The first-order chi connectivity index (χ1) is 9.60. The third-order valence-electron chi connectivity index (χ3n) is 2.60. The molecule has 2 aromatic rings. The van der Waals surface area contributed by atoms with Crippen LogP contribution in [0.4, 0.5) is 10.1 Å². The normalized spacial score (nSPS) is 10.6. The quantitative estimate of drug-likeness (QED) is 0.853. The Morgan fingerprint density at radius 1 is 1.50 bits per heavy atom. The van der Waals surface area contributed by atoms with E-state index in [4.69, 9.17) is 0 Å². The van der Waals surface area contributed by atoms with E-state index < -0.39 is 0 Å². The fraction of sp³-hybridized carbons (Fsp3) is 0.333. The average molecular weight is 295 g/mol. The lowest BCUT2D eigenvalue weighted by molar-refractivity contribution is -0.113. The zero-order valence-corrected chi connectivity index (χ0v) is 11.9. The van der Waals surface area contributed by atoms with E-state index in [9.17, 15) is 9.18 Å². The molecule has 2 rings (SSSR count). The molecular weight excluding hydrogens is 281 g/mol. The van der Waals surface area contributed by atoms with E-state index in [1.807, 2.05) is 6.92 Å². The molecule has 0 aliphatic heterocycles. The number of anilines is 1. The zero-order chi connectivity index (χ0) is 14.5. The van der Waals surface area contributed by atoms with Crippen LogP contribution in [0, 0.1) is 12.7 Å². The van der Waals surface area contributed by atoms with Crippen molar-refractivity contribution >= 4 is 23.4 Å². The molecule has 0 spiro atoms. The van der Waals surface area contributed by atoms with Crippen molar-refractivity contribution in [2.24, 2.45) is 0 Å². The van der Waals surface area contributed by atoms with Crippen LogP contribution in [0.1, 0.15) is 12.5 Å². The first-order valence-electron chi connectivity index (χ1n) is 6.05. The third kappa shape index (κ3) is 3.53. The van der Waals surface area contributed by atoms with Crippen molar-refractivity contribution in [1.29, 1.82) is 0 Å². The highest BCUT2D eigenvalue weighted by molar-refractivity contribution is 7.99. The molecule has 0 aliphatic rings. The Bertz CT molecular complexity index is 616. The molecule has 0 radical (unpaired) electrons. The molecule has 8 heteroatoms. The van der Waals surface area contributed by atoms with Crippen molar-refractivity contribution in [3.8, 4) is 0 Å². The summed E-state index contributed by atoms with van der Waals surface area (Å²) in [6.07, 6.45) is 0. The number of hydrogen-bond donors (Lipinski definition) is 1. The Balaban J connectivity index is 1.94. The van der Waals surface area contributed by atoms with Crippen molar-refractivity contribution in [3.05, 3.63) is 29.6 Å². The molecule has 1 N–H and O–H groups in total. The first-order valence-corrected chi connectivity index (χ1v) is 7.03. The minimum absolute atomic E-state index is 0.163. The Kier molecular flexibility index (Phi) is 4.67. The molecule has 0 saturated carbocycles. The fourth-order valence-electron chi connectivity index (χ4n) is 1.54. The molecule has 20 heavy (non-hydrogen) atoms. The molecule has 106 valence electrons. The lowest BCUT2D eigenvalue weighted by Gasteiger charge is -2.08. The van der Waals surface area contributed by atoms with E-state index >= 15 is 0 Å². The van der Waals surface area contributed by atoms with Crippen molar-refractivity contribution in [3.63, 3.8) is 0 Å². The number of thioether (sulfide) groups is 1. The standard InChI is InChI=1S/C12H14FN5OS/c1-3-18-12(15-16-17-18)20-7-11(19)14-10-6-9(13)5-4-8(10)2/h4-6H,3,7H2,1-2H3,(H,14,19). The number of benzene rings is 1. The predicted octanol–water partition coefficient (Wildman–Crippen LogP) is 1.87. The van der Waals surface area contributed by atoms with E-state index in [-0.39, 0.29) is 17.5 Å². The number of aromatic nitrogens is 4. The van der Waals surface area contributed by atoms with Crippen LogP contribution >= 0.6 is 11.8 Å². The third-order valence-corrected chi connectivity index (χ3v) is 3.56. The van der Waals surface area contributed by atoms with Gasteiger partial charge in [0.2, 0.25) is 11.1 Å². The highest BCUT2D eigenvalue weighted by atomic mass is 32.2. The van der Waals surface area contributed by atoms with Gasteiger partial charge in [0.1, 0.15) is 5.82 Å². The summed E-state index contributed by atoms with van der Waals surface area (Å²) in [7, 11) is 0. The molecule has 0 fully saturated rings. The summed E-state index contributed by atoms with van der Waals surface area (Å²) in [5.74, 6) is -0.445. The van der Waals surface area contributed by atoms with Crippen LogP contribution in [-0.4, -0.2) is 31.9 Å². The minimum atomic E-state index is -0.381. The number of aryl methyl sites for hydroxylation is 2. The molecule has 0 atom stereocenters. The number of carbonyl (C=O) groups is 1. The van der Waals surface area contributed by atoms with E-state index in [1.54, 1.807) is 17.7 Å². The molecule has 0 bridgehead atoms. The van der Waals surface area contributed by atoms with Crippen LogP contribution < -0.4 is 5.32 Å². The molecule has 0 unspecified atom stereocenters. The van der Waals surface area contributed by atoms with Gasteiger partial charge in [-0.2, -0.15) is 0 Å². The predicted molar refractivity (Wildman–Crippen MR) is 74.0 cm³/mol. The molecule has 1 amide bonds. The van der Waals surface area contributed by atoms with Crippen molar-refractivity contribution < 1.29 is 9.18 Å². The Hall–Kier alpha value is -1.96. The Labute approximate surface area is 119 Å². The van der Waals surface area contributed by atoms with Gasteiger partial charge in [-0.3, -0.25) is 4.79 Å². The zero-order valence-electron chi connectivity index (χ0n) is 11.1. The SMILES string of the molecule is CCn1nnnc1SCC(=O)Nc1cc(F)ccc1C. The summed E-state index contributed by atoms with van der Waals surface area (Å²) in [6, 6.07) is 4.28. The Morgan fingerprint density at radius 2 is 2.30 bits per heavy atom. The van der Waals surface area contributed by atoms with Crippen LogP contribution in [0.15, 0.2) is 23.4 Å². The van der Waals surface area contributed by atoms with E-state index in [0.29, 0.717) is 17.4 Å². The summed E-state index contributed by atoms with van der Waals surface area (Å²) in [5.41, 5.74) is 1.29. The Morgan fingerprint density at radius 3 is 3.05 bits per heavy atom. The van der Waals surface area contributed by atoms with Crippen LogP contribution in [0.5, 0.6) is 0 Å². The molecule has 0 aliphatic carbocycles. The second-order valence-corrected chi connectivity index (χ2v) is 5.02. The average Bonchev–Trinajstić information content (AvgIpc) is 2.88. The van der Waals surface area contributed by atoms with Gasteiger partial charge >= 0.3 is 0 Å². The van der Waals surface area contributed by atoms with E-state index in [1.165, 1.54) is 23.9 Å². The lowest BCUT2D eigenvalue weighted by Crippen LogP contribution is -2.15. The van der Waals surface area contributed by atoms with Gasteiger partial charge in [-0.25, -0.2) is 9.07 Å². The number of rotatable bonds is 5. The molecule has 1 aromatic heterocycles. The number of carbonyl (C=O) groups excluding carboxylic acids is 1. The van der Waals surface area contributed by atoms with Gasteiger partial charge in [-0.05, 0) is 42.0 Å². The fourth-order valence-corrected chi connectivity index (χ4v) is 2.28.